The molecular formula is C22H25BrN2O6. The molecule has 0 unspecified atom stereocenters. The molecule has 0 atom stereocenters. The maximum Gasteiger partial charge on any atom is 0.338 e. The van der Waals surface area contributed by atoms with Crippen LogP contribution in [0, 0.1) is 13.8 Å². The quantitative estimate of drug-likeness (QED) is 0.411. The molecular weight excluding hydrogens is 468 g/mol. The molecule has 8 nitrogen and oxygen atoms in total. The molecule has 2 N–H and O–H groups in total. The first kappa shape index (κ1) is 24.2. The zero-order valence-corrected chi connectivity index (χ0v) is 19.2. The van der Waals surface area contributed by atoms with Gasteiger partial charge in [0.2, 0.25) is 0 Å². The monoisotopic (exact) mass is 492 g/mol. The second-order valence-electron chi connectivity index (χ2n) is 6.70. The normalized spacial score (nSPS) is 10.2. The molecule has 2 rings (SSSR count). The molecule has 0 saturated carbocycles. The number of esters is 1. The molecule has 2 aromatic carbocycles. The molecule has 0 aliphatic heterocycles. The van der Waals surface area contributed by atoms with Crippen molar-refractivity contribution in [1.29, 1.82) is 0 Å². The van der Waals surface area contributed by atoms with Gasteiger partial charge in [-0.3, -0.25) is 20.4 Å². The number of rotatable bonds is 9. The van der Waals surface area contributed by atoms with Crippen molar-refractivity contribution in [3.63, 3.8) is 0 Å². The Balaban J connectivity index is 1.72. The van der Waals surface area contributed by atoms with Crippen molar-refractivity contribution in [2.45, 2.75) is 27.2 Å². The number of nitrogens with one attached hydrogen (secondary N) is 2. The van der Waals surface area contributed by atoms with Gasteiger partial charge in [-0.05, 0) is 67.8 Å². The van der Waals surface area contributed by atoms with Crippen molar-refractivity contribution < 1.29 is 28.6 Å². The number of hydrazine groups is 1. The highest BCUT2D eigenvalue weighted by atomic mass is 79.9. The van der Waals surface area contributed by atoms with Gasteiger partial charge in [0.15, 0.2) is 13.2 Å². The smallest absolute Gasteiger partial charge is 0.338 e. The Bertz CT molecular complexity index is 907. The van der Waals surface area contributed by atoms with E-state index in [1.807, 2.05) is 32.9 Å². The highest BCUT2D eigenvalue weighted by Crippen LogP contribution is 2.27. The van der Waals surface area contributed by atoms with Crippen molar-refractivity contribution in [2.75, 3.05) is 19.8 Å². The summed E-state index contributed by atoms with van der Waals surface area (Å²) in [4.78, 5) is 35.5. The van der Waals surface area contributed by atoms with Gasteiger partial charge in [-0.2, -0.15) is 0 Å². The van der Waals surface area contributed by atoms with Crippen molar-refractivity contribution >= 4 is 33.7 Å². The first-order valence-electron chi connectivity index (χ1n) is 9.67. The average molecular weight is 493 g/mol. The topological polar surface area (TPSA) is 103 Å². The molecule has 0 aliphatic carbocycles. The van der Waals surface area contributed by atoms with Gasteiger partial charge in [-0.1, -0.05) is 22.9 Å². The number of benzene rings is 2. The minimum atomic E-state index is -0.546. The van der Waals surface area contributed by atoms with Gasteiger partial charge >= 0.3 is 5.97 Å². The minimum absolute atomic E-state index is 0.250. The molecule has 166 valence electrons. The van der Waals surface area contributed by atoms with Crippen molar-refractivity contribution in [2.24, 2.45) is 0 Å². The van der Waals surface area contributed by atoms with Crippen molar-refractivity contribution in [3.05, 3.63) is 57.6 Å². The van der Waals surface area contributed by atoms with Crippen LogP contribution in [-0.2, 0) is 14.3 Å². The summed E-state index contributed by atoms with van der Waals surface area (Å²) >= 11 is 3.40. The standard InChI is InChI=1S/C22H25BrN2O6/c1-4-9-29-22(28)16-5-7-18(8-6-16)30-12-19(26)24-25-20(27)13-31-21-14(2)10-17(23)11-15(21)3/h5-8,10-11H,4,9,12-13H2,1-3H3,(H,24,26)(H,25,27). The fourth-order valence-corrected chi connectivity index (χ4v) is 3.28. The van der Waals surface area contributed by atoms with Gasteiger partial charge in [0.05, 0.1) is 12.2 Å². The highest BCUT2D eigenvalue weighted by Gasteiger charge is 2.11. The maximum atomic E-state index is 11.9. The van der Waals surface area contributed by atoms with Gasteiger partial charge < -0.3 is 14.2 Å². The van der Waals surface area contributed by atoms with E-state index in [4.69, 9.17) is 14.2 Å². The predicted octanol–water partition coefficient (Wildman–Crippen LogP) is 3.24. The Hall–Kier alpha value is -3.07. The lowest BCUT2D eigenvalue weighted by Crippen LogP contribution is -2.45. The van der Waals surface area contributed by atoms with Crippen LogP contribution in [0.15, 0.2) is 40.9 Å². The molecule has 0 aromatic heterocycles. The Labute approximate surface area is 189 Å². The van der Waals surface area contributed by atoms with Crippen LogP contribution < -0.4 is 20.3 Å². The van der Waals surface area contributed by atoms with Crippen LogP contribution >= 0.6 is 15.9 Å². The average Bonchev–Trinajstić information content (AvgIpc) is 2.74. The predicted molar refractivity (Wildman–Crippen MR) is 118 cm³/mol. The Morgan fingerprint density at radius 3 is 2.00 bits per heavy atom. The number of halogens is 1. The van der Waals surface area contributed by atoms with Crippen LogP contribution in [0.2, 0.25) is 0 Å². The summed E-state index contributed by atoms with van der Waals surface area (Å²) in [5, 5.41) is 0. The van der Waals surface area contributed by atoms with E-state index in [-0.39, 0.29) is 13.2 Å². The van der Waals surface area contributed by atoms with Gasteiger partial charge in [0.25, 0.3) is 11.8 Å². The second kappa shape index (κ2) is 11.9. The third-order valence-corrected chi connectivity index (χ3v) is 4.47. The van der Waals surface area contributed by atoms with Gasteiger partial charge in [-0.15, -0.1) is 0 Å². The van der Waals surface area contributed by atoms with E-state index >= 15 is 0 Å². The highest BCUT2D eigenvalue weighted by molar-refractivity contribution is 9.10. The van der Waals surface area contributed by atoms with Gasteiger partial charge in [-0.25, -0.2) is 4.79 Å². The van der Waals surface area contributed by atoms with Crippen LogP contribution in [0.1, 0.15) is 34.8 Å². The summed E-state index contributed by atoms with van der Waals surface area (Å²) in [6.07, 6.45) is 0.744. The van der Waals surface area contributed by atoms with E-state index in [0.717, 1.165) is 22.0 Å². The molecule has 9 heteroatoms. The molecule has 0 spiro atoms. The van der Waals surface area contributed by atoms with E-state index < -0.39 is 17.8 Å². The summed E-state index contributed by atoms with van der Waals surface area (Å²) < 4.78 is 16.9. The first-order chi connectivity index (χ1) is 14.8. The summed E-state index contributed by atoms with van der Waals surface area (Å²) in [5.41, 5.74) is 6.70. The molecule has 0 radical (unpaired) electrons. The number of amides is 2. The van der Waals surface area contributed by atoms with Crippen LogP contribution in [0.5, 0.6) is 11.5 Å². The fourth-order valence-electron chi connectivity index (χ4n) is 2.59. The summed E-state index contributed by atoms with van der Waals surface area (Å²) in [5.74, 6) is -0.446. The van der Waals surface area contributed by atoms with E-state index in [9.17, 15) is 14.4 Å². The summed E-state index contributed by atoms with van der Waals surface area (Å²) in [6.45, 7) is 5.47. The van der Waals surface area contributed by atoms with Crippen molar-refractivity contribution in [3.8, 4) is 11.5 Å². The van der Waals surface area contributed by atoms with Crippen molar-refractivity contribution in [1.82, 2.24) is 10.9 Å². The van der Waals surface area contributed by atoms with Crippen LogP contribution in [0.4, 0.5) is 0 Å². The SMILES string of the molecule is CCCOC(=O)c1ccc(OCC(=O)NNC(=O)COc2c(C)cc(Br)cc2C)cc1. The van der Waals surface area contributed by atoms with Gasteiger partial charge in [0, 0.05) is 4.47 Å². The largest absolute Gasteiger partial charge is 0.484 e. The lowest BCUT2D eigenvalue weighted by molar-refractivity contribution is -0.131. The zero-order chi connectivity index (χ0) is 22.8. The molecule has 0 bridgehead atoms. The Kier molecular flexibility index (Phi) is 9.33. The maximum absolute atomic E-state index is 11.9. The molecule has 0 aliphatic rings. The van der Waals surface area contributed by atoms with Crippen LogP contribution in [0.3, 0.4) is 0 Å². The molecule has 0 heterocycles. The number of ether oxygens (including phenoxy) is 3. The Morgan fingerprint density at radius 1 is 0.903 bits per heavy atom. The van der Waals surface area contributed by atoms with E-state index in [1.54, 1.807) is 24.3 Å². The first-order valence-corrected chi connectivity index (χ1v) is 10.5. The third kappa shape index (κ3) is 7.93. The second-order valence-corrected chi connectivity index (χ2v) is 7.62. The van der Waals surface area contributed by atoms with E-state index in [0.29, 0.717) is 23.7 Å². The fraction of sp³-hybridized carbons (Fsp3) is 0.318. The van der Waals surface area contributed by atoms with E-state index in [2.05, 4.69) is 26.8 Å². The summed E-state index contributed by atoms with van der Waals surface area (Å²) in [7, 11) is 0. The third-order valence-electron chi connectivity index (χ3n) is 4.01. The number of carbonyl (C=O) groups excluding carboxylic acids is 3. The summed E-state index contributed by atoms with van der Waals surface area (Å²) in [6, 6.07) is 10.0. The van der Waals surface area contributed by atoms with E-state index in [1.165, 1.54) is 0 Å². The molecule has 2 amide bonds. The molecule has 0 fully saturated rings. The molecule has 31 heavy (non-hydrogen) atoms. The minimum Gasteiger partial charge on any atom is -0.484 e. The molecule has 2 aromatic rings. The number of aryl methyl sites for hydroxylation is 2. The van der Waals surface area contributed by atoms with Gasteiger partial charge in [0.1, 0.15) is 11.5 Å². The number of carbonyl (C=O) groups is 3. The number of hydrogen-bond donors (Lipinski definition) is 2. The lowest BCUT2D eigenvalue weighted by atomic mass is 10.1. The Morgan fingerprint density at radius 2 is 1.45 bits per heavy atom. The number of hydrogen-bond acceptors (Lipinski definition) is 6. The molecule has 0 saturated heterocycles. The van der Waals surface area contributed by atoms with Crippen LogP contribution in [-0.4, -0.2) is 37.6 Å². The zero-order valence-electron chi connectivity index (χ0n) is 17.6. The lowest BCUT2D eigenvalue weighted by Gasteiger charge is -2.13. The van der Waals surface area contributed by atoms with Crippen LogP contribution in [0.25, 0.3) is 0 Å².